The molecule has 1 aromatic carbocycles. The van der Waals surface area contributed by atoms with Crippen molar-refractivity contribution in [3.05, 3.63) is 34.9 Å². The summed E-state index contributed by atoms with van der Waals surface area (Å²) in [5.41, 5.74) is 7.38. The maximum absolute atomic E-state index is 13.4. The van der Waals surface area contributed by atoms with Crippen LogP contribution >= 0.6 is 11.6 Å². The van der Waals surface area contributed by atoms with Crippen LogP contribution in [0.2, 0.25) is 5.02 Å². The summed E-state index contributed by atoms with van der Waals surface area (Å²) in [7, 11) is 0. The highest BCUT2D eigenvalue weighted by molar-refractivity contribution is 6.31. The van der Waals surface area contributed by atoms with Gasteiger partial charge in [0.25, 0.3) is 0 Å². The van der Waals surface area contributed by atoms with E-state index in [1.165, 1.54) is 19.3 Å². The molecular formula is C21H29ClN2O2. The minimum absolute atomic E-state index is 0.108. The molecule has 142 valence electrons. The fourth-order valence-corrected chi connectivity index (χ4v) is 5.47. The Labute approximate surface area is 161 Å². The summed E-state index contributed by atoms with van der Waals surface area (Å²) in [6.07, 6.45) is 5.40. The summed E-state index contributed by atoms with van der Waals surface area (Å²) < 4.78 is 6.02. The van der Waals surface area contributed by atoms with E-state index in [0.717, 1.165) is 18.4 Å². The van der Waals surface area contributed by atoms with Crippen LogP contribution in [0.5, 0.6) is 0 Å². The first-order valence-corrected chi connectivity index (χ1v) is 10.3. The van der Waals surface area contributed by atoms with E-state index in [4.69, 9.17) is 22.1 Å². The largest absolute Gasteiger partial charge is 0.369 e. The van der Waals surface area contributed by atoms with Crippen LogP contribution in [-0.2, 0) is 9.53 Å². The molecule has 4 nitrogen and oxygen atoms in total. The number of benzene rings is 1. The number of amides is 1. The summed E-state index contributed by atoms with van der Waals surface area (Å²) >= 11 is 6.35. The van der Waals surface area contributed by atoms with Gasteiger partial charge in [0.2, 0.25) is 5.91 Å². The Morgan fingerprint density at radius 2 is 1.92 bits per heavy atom. The third-order valence-corrected chi connectivity index (χ3v) is 7.07. The van der Waals surface area contributed by atoms with Gasteiger partial charge in [-0.3, -0.25) is 4.79 Å². The molecule has 5 heteroatoms. The lowest BCUT2D eigenvalue weighted by atomic mass is 9.65. The fourth-order valence-electron chi connectivity index (χ4n) is 5.21. The molecule has 1 amide bonds. The summed E-state index contributed by atoms with van der Waals surface area (Å²) in [5.74, 6) is 1.46. The van der Waals surface area contributed by atoms with Crippen molar-refractivity contribution in [1.82, 2.24) is 4.90 Å². The summed E-state index contributed by atoms with van der Waals surface area (Å²) in [6.45, 7) is 3.22. The molecule has 0 spiro atoms. The summed E-state index contributed by atoms with van der Waals surface area (Å²) in [5, 5.41) is 0.706. The lowest BCUT2D eigenvalue weighted by molar-refractivity contribution is -0.151. The van der Waals surface area contributed by atoms with Gasteiger partial charge in [0.05, 0.1) is 19.2 Å². The number of hydrogen-bond donors (Lipinski definition) is 1. The second-order valence-corrected chi connectivity index (χ2v) is 8.79. The second-order valence-electron chi connectivity index (χ2n) is 8.38. The van der Waals surface area contributed by atoms with E-state index in [0.29, 0.717) is 42.0 Å². The molecule has 2 N–H and O–H groups in total. The first kappa shape index (κ1) is 18.3. The van der Waals surface area contributed by atoms with Crippen LogP contribution < -0.4 is 5.73 Å². The highest BCUT2D eigenvalue weighted by Crippen LogP contribution is 2.43. The van der Waals surface area contributed by atoms with Gasteiger partial charge in [0.15, 0.2) is 0 Å². The third kappa shape index (κ3) is 3.39. The van der Waals surface area contributed by atoms with Gasteiger partial charge < -0.3 is 15.4 Å². The second kappa shape index (κ2) is 7.49. The molecule has 1 heterocycles. The molecule has 26 heavy (non-hydrogen) atoms. The topological polar surface area (TPSA) is 55.6 Å². The van der Waals surface area contributed by atoms with Crippen molar-refractivity contribution in [2.24, 2.45) is 23.5 Å². The molecule has 1 aromatic rings. The predicted octanol–water partition coefficient (Wildman–Crippen LogP) is 3.78. The third-order valence-electron chi connectivity index (χ3n) is 6.73. The van der Waals surface area contributed by atoms with E-state index in [9.17, 15) is 4.79 Å². The Morgan fingerprint density at radius 1 is 1.23 bits per heavy atom. The van der Waals surface area contributed by atoms with Gasteiger partial charge in [-0.05, 0) is 50.5 Å². The predicted molar refractivity (Wildman–Crippen MR) is 103 cm³/mol. The lowest BCUT2D eigenvalue weighted by Crippen LogP contribution is -2.54. The van der Waals surface area contributed by atoms with E-state index in [1.54, 1.807) is 0 Å². The molecule has 0 aromatic heterocycles. The minimum atomic E-state index is -0.144. The van der Waals surface area contributed by atoms with Gasteiger partial charge >= 0.3 is 0 Å². The van der Waals surface area contributed by atoms with Crippen LogP contribution in [0, 0.1) is 17.8 Å². The van der Waals surface area contributed by atoms with Crippen molar-refractivity contribution >= 4 is 17.5 Å². The van der Waals surface area contributed by atoms with Crippen molar-refractivity contribution in [3.8, 4) is 0 Å². The smallest absolute Gasteiger partial charge is 0.226 e. The molecule has 1 saturated heterocycles. The van der Waals surface area contributed by atoms with Gasteiger partial charge in [-0.1, -0.05) is 36.2 Å². The van der Waals surface area contributed by atoms with E-state index in [1.807, 2.05) is 29.2 Å². The SMILES string of the molecule is CC1COC(c2ccccc2Cl)CN1C(=O)C1CC2CCCC(C1)C2N. The van der Waals surface area contributed by atoms with Crippen LogP contribution in [0.15, 0.2) is 24.3 Å². The number of hydrogen-bond acceptors (Lipinski definition) is 3. The number of morpholine rings is 1. The summed E-state index contributed by atoms with van der Waals surface area (Å²) in [4.78, 5) is 15.4. The normalized spacial score (nSPS) is 37.4. The quantitative estimate of drug-likeness (QED) is 0.854. The number of carbonyl (C=O) groups is 1. The van der Waals surface area contributed by atoms with Crippen molar-refractivity contribution in [1.29, 1.82) is 0 Å². The van der Waals surface area contributed by atoms with Crippen LogP contribution in [0.25, 0.3) is 0 Å². The number of fused-ring (bicyclic) bond motifs is 2. The van der Waals surface area contributed by atoms with Gasteiger partial charge in [-0.2, -0.15) is 0 Å². The van der Waals surface area contributed by atoms with Gasteiger partial charge in [-0.15, -0.1) is 0 Å². The number of nitrogens with zero attached hydrogens (tertiary/aromatic N) is 1. The standard InChI is InChI=1S/C21H29ClN2O2/c1-13-12-26-19(17-7-2-3-8-18(17)22)11-24(13)21(25)16-9-14-5-4-6-15(10-16)20(14)23/h2-3,7-8,13-16,19-20H,4-6,9-12,23H2,1H3. The molecule has 2 saturated carbocycles. The monoisotopic (exact) mass is 376 g/mol. The zero-order valence-corrected chi connectivity index (χ0v) is 16.2. The van der Waals surface area contributed by atoms with E-state index >= 15 is 0 Å². The first-order chi connectivity index (χ1) is 12.5. The number of nitrogens with two attached hydrogens (primary N) is 1. The highest BCUT2D eigenvalue weighted by Gasteiger charge is 2.43. The first-order valence-electron chi connectivity index (χ1n) is 9.96. The Balaban J connectivity index is 1.49. The molecule has 2 aliphatic carbocycles. The Hall–Kier alpha value is -1.10. The van der Waals surface area contributed by atoms with Crippen LogP contribution in [0.3, 0.4) is 0 Å². The van der Waals surface area contributed by atoms with Crippen molar-refractivity contribution in [3.63, 3.8) is 0 Å². The number of rotatable bonds is 2. The van der Waals surface area contributed by atoms with Crippen molar-refractivity contribution in [2.45, 2.75) is 57.2 Å². The van der Waals surface area contributed by atoms with E-state index < -0.39 is 0 Å². The average Bonchev–Trinajstić information content (AvgIpc) is 2.62. The Kier molecular flexibility index (Phi) is 5.27. The Bertz CT molecular complexity index is 653. The van der Waals surface area contributed by atoms with Crippen LogP contribution in [0.1, 0.15) is 50.7 Å². The van der Waals surface area contributed by atoms with Crippen LogP contribution in [0.4, 0.5) is 0 Å². The molecule has 1 aliphatic heterocycles. The van der Waals surface area contributed by atoms with Gasteiger partial charge in [0, 0.05) is 22.5 Å². The Morgan fingerprint density at radius 3 is 2.62 bits per heavy atom. The molecule has 3 fully saturated rings. The zero-order chi connectivity index (χ0) is 18.3. The number of halogens is 1. The van der Waals surface area contributed by atoms with Crippen LogP contribution in [-0.4, -0.2) is 36.0 Å². The molecular weight excluding hydrogens is 348 g/mol. The van der Waals surface area contributed by atoms with Gasteiger partial charge in [-0.25, -0.2) is 0 Å². The van der Waals surface area contributed by atoms with Gasteiger partial charge in [0.1, 0.15) is 6.10 Å². The maximum atomic E-state index is 13.4. The molecule has 0 radical (unpaired) electrons. The highest BCUT2D eigenvalue weighted by atomic mass is 35.5. The lowest BCUT2D eigenvalue weighted by Gasteiger charge is -2.46. The molecule has 4 atom stereocenters. The molecule has 3 aliphatic rings. The van der Waals surface area contributed by atoms with Crippen molar-refractivity contribution < 1.29 is 9.53 Å². The molecule has 2 bridgehead atoms. The zero-order valence-electron chi connectivity index (χ0n) is 15.4. The van der Waals surface area contributed by atoms with E-state index in [2.05, 4.69) is 6.92 Å². The molecule has 4 unspecified atom stereocenters. The minimum Gasteiger partial charge on any atom is -0.369 e. The molecule has 4 rings (SSSR count). The fraction of sp³-hybridized carbons (Fsp3) is 0.667. The number of ether oxygens (including phenoxy) is 1. The number of carbonyl (C=O) groups excluding carboxylic acids is 1. The van der Waals surface area contributed by atoms with E-state index in [-0.39, 0.29) is 18.1 Å². The maximum Gasteiger partial charge on any atom is 0.226 e. The average molecular weight is 377 g/mol. The van der Waals surface area contributed by atoms with Crippen molar-refractivity contribution in [2.75, 3.05) is 13.2 Å². The summed E-state index contributed by atoms with van der Waals surface area (Å²) in [6, 6.07) is 8.18.